The Bertz CT molecular complexity index is 788. The quantitative estimate of drug-likeness (QED) is 0.815. The highest BCUT2D eigenvalue weighted by atomic mass is 32.1. The first-order chi connectivity index (χ1) is 12.5. The van der Waals surface area contributed by atoms with Gasteiger partial charge in [-0.3, -0.25) is 14.5 Å². The van der Waals surface area contributed by atoms with E-state index < -0.39 is 5.91 Å². The van der Waals surface area contributed by atoms with E-state index >= 15 is 0 Å². The molecule has 3 rings (SSSR count). The molecule has 1 aliphatic heterocycles. The van der Waals surface area contributed by atoms with Crippen LogP contribution in [0.4, 0.5) is 5.00 Å². The van der Waals surface area contributed by atoms with Gasteiger partial charge in [0.05, 0.1) is 18.7 Å². The van der Waals surface area contributed by atoms with Gasteiger partial charge in [0.2, 0.25) is 5.91 Å². The third kappa shape index (κ3) is 3.73. The number of nitrogens with zero attached hydrogens (tertiary/aromatic N) is 1. The van der Waals surface area contributed by atoms with Crippen molar-refractivity contribution < 1.29 is 14.3 Å². The summed E-state index contributed by atoms with van der Waals surface area (Å²) in [4.78, 5) is 26.4. The van der Waals surface area contributed by atoms with Gasteiger partial charge in [-0.25, -0.2) is 0 Å². The van der Waals surface area contributed by atoms with Crippen molar-refractivity contribution >= 4 is 28.2 Å². The molecule has 2 heterocycles. The Morgan fingerprint density at radius 3 is 2.69 bits per heavy atom. The molecule has 0 aliphatic carbocycles. The van der Waals surface area contributed by atoms with Gasteiger partial charge in [-0.2, -0.15) is 0 Å². The molecule has 2 atom stereocenters. The SMILES string of the molecule is COc1ccc([C@H]2CCCN2[C@H](C)C(=O)Nc2sccc2C(N)=O)cc1. The smallest absolute Gasteiger partial charge is 0.251 e. The van der Waals surface area contributed by atoms with Gasteiger partial charge in [0, 0.05) is 6.04 Å². The zero-order valence-electron chi connectivity index (χ0n) is 14.9. The third-order valence-electron chi connectivity index (χ3n) is 4.84. The number of carbonyl (C=O) groups excluding carboxylic acids is 2. The van der Waals surface area contributed by atoms with E-state index in [4.69, 9.17) is 10.5 Å². The standard InChI is InChI=1S/C19H23N3O3S/c1-12(18(24)21-19-15(17(20)23)9-11-26-19)22-10-3-4-16(22)13-5-7-14(25-2)8-6-13/h5-9,11-12,16H,3-4,10H2,1-2H3,(H2,20,23)(H,21,24)/t12-,16-/m1/s1. The summed E-state index contributed by atoms with van der Waals surface area (Å²) in [6.45, 7) is 2.76. The zero-order valence-corrected chi connectivity index (χ0v) is 15.7. The molecule has 26 heavy (non-hydrogen) atoms. The number of hydrogen-bond acceptors (Lipinski definition) is 5. The van der Waals surface area contributed by atoms with Crippen LogP contribution in [0.2, 0.25) is 0 Å². The number of benzene rings is 1. The summed E-state index contributed by atoms with van der Waals surface area (Å²) in [6.07, 6.45) is 2.05. The van der Waals surface area contributed by atoms with Crippen molar-refractivity contribution in [2.45, 2.75) is 31.8 Å². The lowest BCUT2D eigenvalue weighted by atomic mass is 10.0. The van der Waals surface area contributed by atoms with E-state index in [1.165, 1.54) is 16.9 Å². The molecule has 138 valence electrons. The molecule has 0 unspecified atom stereocenters. The normalized spacial score (nSPS) is 18.5. The van der Waals surface area contributed by atoms with Gasteiger partial charge >= 0.3 is 0 Å². The molecule has 3 N–H and O–H groups in total. The fourth-order valence-corrected chi connectivity index (χ4v) is 4.20. The summed E-state index contributed by atoms with van der Waals surface area (Å²) in [5, 5.41) is 5.11. The minimum atomic E-state index is -0.536. The van der Waals surface area contributed by atoms with Gasteiger partial charge in [-0.1, -0.05) is 12.1 Å². The summed E-state index contributed by atoms with van der Waals surface area (Å²) >= 11 is 1.30. The molecule has 7 heteroatoms. The van der Waals surface area contributed by atoms with E-state index in [0.717, 1.165) is 25.1 Å². The Morgan fingerprint density at radius 2 is 2.04 bits per heavy atom. The first-order valence-corrected chi connectivity index (χ1v) is 9.47. The Balaban J connectivity index is 1.72. The van der Waals surface area contributed by atoms with Crippen LogP contribution in [-0.4, -0.2) is 36.4 Å². The van der Waals surface area contributed by atoms with Crippen LogP contribution in [0, 0.1) is 0 Å². The molecular weight excluding hydrogens is 350 g/mol. The summed E-state index contributed by atoms with van der Waals surface area (Å²) in [6, 6.07) is 9.51. The monoisotopic (exact) mass is 373 g/mol. The van der Waals surface area contributed by atoms with Gasteiger partial charge in [0.25, 0.3) is 5.91 Å². The molecule has 0 spiro atoms. The molecule has 1 fully saturated rings. The molecule has 0 radical (unpaired) electrons. The van der Waals surface area contributed by atoms with Gasteiger partial charge in [0.15, 0.2) is 0 Å². The second-order valence-electron chi connectivity index (χ2n) is 6.36. The van der Waals surface area contributed by atoms with Crippen LogP contribution in [0.15, 0.2) is 35.7 Å². The zero-order chi connectivity index (χ0) is 18.7. The second-order valence-corrected chi connectivity index (χ2v) is 7.28. The number of carbonyl (C=O) groups is 2. The third-order valence-corrected chi connectivity index (χ3v) is 5.67. The first kappa shape index (κ1) is 18.4. The van der Waals surface area contributed by atoms with E-state index in [-0.39, 0.29) is 18.0 Å². The molecule has 2 amide bonds. The summed E-state index contributed by atoms with van der Waals surface area (Å²) in [5.41, 5.74) is 6.88. The number of rotatable bonds is 6. The predicted molar refractivity (Wildman–Crippen MR) is 103 cm³/mol. The maximum atomic E-state index is 12.7. The van der Waals surface area contributed by atoms with Crippen molar-refractivity contribution in [3.05, 3.63) is 46.8 Å². The fraction of sp³-hybridized carbons (Fsp3) is 0.368. The average Bonchev–Trinajstić information content (AvgIpc) is 3.30. The van der Waals surface area contributed by atoms with E-state index in [0.29, 0.717) is 10.6 Å². The van der Waals surface area contributed by atoms with Gasteiger partial charge in [-0.05, 0) is 55.5 Å². The Hall–Kier alpha value is -2.38. The second kappa shape index (κ2) is 7.88. The van der Waals surface area contributed by atoms with Crippen LogP contribution in [0.25, 0.3) is 0 Å². The van der Waals surface area contributed by atoms with Gasteiger partial charge in [-0.15, -0.1) is 11.3 Å². The average molecular weight is 373 g/mol. The number of amides is 2. The summed E-state index contributed by atoms with van der Waals surface area (Å²) < 4.78 is 5.22. The molecule has 0 saturated carbocycles. The van der Waals surface area contributed by atoms with Crippen molar-refractivity contribution in [2.24, 2.45) is 5.73 Å². The highest BCUT2D eigenvalue weighted by Gasteiger charge is 2.33. The molecule has 1 aliphatic rings. The molecule has 2 aromatic rings. The highest BCUT2D eigenvalue weighted by molar-refractivity contribution is 7.14. The minimum Gasteiger partial charge on any atom is -0.497 e. The number of nitrogens with two attached hydrogens (primary N) is 1. The molecule has 1 aromatic carbocycles. The largest absolute Gasteiger partial charge is 0.497 e. The van der Waals surface area contributed by atoms with Crippen molar-refractivity contribution in [2.75, 3.05) is 19.0 Å². The summed E-state index contributed by atoms with van der Waals surface area (Å²) in [7, 11) is 1.65. The Morgan fingerprint density at radius 1 is 1.31 bits per heavy atom. The number of thiophene rings is 1. The van der Waals surface area contributed by atoms with Crippen LogP contribution < -0.4 is 15.8 Å². The number of primary amides is 1. The molecule has 0 bridgehead atoms. The van der Waals surface area contributed by atoms with E-state index in [1.807, 2.05) is 19.1 Å². The molecule has 6 nitrogen and oxygen atoms in total. The lowest BCUT2D eigenvalue weighted by molar-refractivity contribution is -0.121. The van der Waals surface area contributed by atoms with Crippen molar-refractivity contribution in [3.63, 3.8) is 0 Å². The molecular formula is C19H23N3O3S. The fourth-order valence-electron chi connectivity index (χ4n) is 3.40. The predicted octanol–water partition coefficient (Wildman–Crippen LogP) is 3.02. The number of likely N-dealkylation sites (tertiary alicyclic amines) is 1. The van der Waals surface area contributed by atoms with Gasteiger partial charge < -0.3 is 15.8 Å². The van der Waals surface area contributed by atoms with Crippen LogP contribution in [0.5, 0.6) is 5.75 Å². The maximum Gasteiger partial charge on any atom is 0.251 e. The Kier molecular flexibility index (Phi) is 5.58. The Labute approximate surface area is 156 Å². The van der Waals surface area contributed by atoms with Crippen LogP contribution in [0.3, 0.4) is 0 Å². The lowest BCUT2D eigenvalue weighted by Crippen LogP contribution is -2.41. The van der Waals surface area contributed by atoms with Crippen molar-refractivity contribution in [3.8, 4) is 5.75 Å². The first-order valence-electron chi connectivity index (χ1n) is 8.59. The van der Waals surface area contributed by atoms with Crippen molar-refractivity contribution in [1.29, 1.82) is 0 Å². The number of ether oxygens (including phenoxy) is 1. The summed E-state index contributed by atoms with van der Waals surface area (Å²) in [5.74, 6) is 0.155. The number of methoxy groups -OCH3 is 1. The van der Waals surface area contributed by atoms with Crippen LogP contribution in [0.1, 0.15) is 41.7 Å². The molecule has 1 aromatic heterocycles. The van der Waals surface area contributed by atoms with Gasteiger partial charge in [0.1, 0.15) is 10.8 Å². The topological polar surface area (TPSA) is 84.7 Å². The highest BCUT2D eigenvalue weighted by Crippen LogP contribution is 2.34. The van der Waals surface area contributed by atoms with E-state index in [9.17, 15) is 9.59 Å². The minimum absolute atomic E-state index is 0.129. The van der Waals surface area contributed by atoms with Crippen LogP contribution >= 0.6 is 11.3 Å². The number of nitrogens with one attached hydrogen (secondary N) is 1. The van der Waals surface area contributed by atoms with Crippen LogP contribution in [-0.2, 0) is 4.79 Å². The maximum absolute atomic E-state index is 12.7. The van der Waals surface area contributed by atoms with E-state index in [1.54, 1.807) is 18.6 Å². The number of hydrogen-bond donors (Lipinski definition) is 2. The van der Waals surface area contributed by atoms with E-state index in [2.05, 4.69) is 22.3 Å². The van der Waals surface area contributed by atoms with Crippen molar-refractivity contribution in [1.82, 2.24) is 4.90 Å². The number of anilines is 1. The molecule has 1 saturated heterocycles. The lowest BCUT2D eigenvalue weighted by Gasteiger charge is -2.30.